The zero-order valence-electron chi connectivity index (χ0n) is 59.0. The SMILES string of the molecule is CCCCCCCC1c2cc(c(OCc3cccnc3)cc2OC)C(CCCCCCC)c2cc(c(OCc3cccnc3)cc2OC)C(CCCCCCC)c2cc(c(OCc3cccnc3)cc2OC)C(CCCCCCC)c2cc1c(OCc1cccnc1)cc2OC. The van der Waals surface area contributed by atoms with Gasteiger partial charge in [0.1, 0.15) is 72.4 Å². The lowest BCUT2D eigenvalue weighted by molar-refractivity contribution is 0.293. The van der Waals surface area contributed by atoms with E-state index in [0.717, 1.165) is 241 Å². The van der Waals surface area contributed by atoms with E-state index in [1.807, 2.05) is 102 Å². The number of nitrogens with zero attached hydrogens (tertiary/aromatic N) is 4. The molecule has 1 aliphatic carbocycles. The van der Waals surface area contributed by atoms with E-state index in [1.54, 1.807) is 0 Å². The van der Waals surface area contributed by atoms with Gasteiger partial charge in [-0.2, -0.15) is 0 Å². The minimum atomic E-state index is -0.213. The summed E-state index contributed by atoms with van der Waals surface area (Å²) in [5.41, 5.74) is 12.5. The molecule has 4 aromatic heterocycles. The molecule has 4 heterocycles. The molecule has 4 aromatic carbocycles. The molecule has 4 unspecified atom stereocenters. The van der Waals surface area contributed by atoms with Crippen LogP contribution in [0.15, 0.2) is 147 Å². The third-order valence-corrected chi connectivity index (χ3v) is 19.3. The number of rotatable bonds is 40. The summed E-state index contributed by atoms with van der Waals surface area (Å²) < 4.78 is 56.2. The lowest BCUT2D eigenvalue weighted by Gasteiger charge is -2.32. The van der Waals surface area contributed by atoms with Crippen molar-refractivity contribution >= 4 is 0 Å². The Morgan fingerprint density at radius 2 is 0.469 bits per heavy atom. The second-order valence-electron chi connectivity index (χ2n) is 26.1. The van der Waals surface area contributed by atoms with Crippen molar-refractivity contribution in [2.45, 2.75) is 232 Å². The molecular weight excluding hydrogens is 1190 g/mol. The van der Waals surface area contributed by atoms with Gasteiger partial charge in [-0.15, -0.1) is 0 Å². The van der Waals surface area contributed by atoms with Gasteiger partial charge in [0.25, 0.3) is 0 Å². The van der Waals surface area contributed by atoms with Crippen LogP contribution in [-0.4, -0.2) is 48.4 Å². The van der Waals surface area contributed by atoms with Crippen molar-refractivity contribution in [2.75, 3.05) is 28.4 Å². The molecule has 512 valence electrons. The van der Waals surface area contributed by atoms with Crippen molar-refractivity contribution in [1.29, 1.82) is 0 Å². The summed E-state index contributed by atoms with van der Waals surface area (Å²) in [5.74, 6) is 5.20. The van der Waals surface area contributed by atoms with E-state index >= 15 is 0 Å². The molecular formula is C84H108N4O8. The maximum atomic E-state index is 7.26. The second-order valence-corrected chi connectivity index (χ2v) is 26.1. The summed E-state index contributed by atoms with van der Waals surface area (Å²) in [4.78, 5) is 18.1. The smallest absolute Gasteiger partial charge is 0.127 e. The molecule has 0 fully saturated rings. The van der Waals surface area contributed by atoms with E-state index in [2.05, 4.69) is 120 Å². The van der Waals surface area contributed by atoms with Gasteiger partial charge in [-0.05, 0) is 74.2 Å². The molecule has 0 N–H and O–H groups in total. The number of hydrogen-bond donors (Lipinski definition) is 0. The molecule has 0 aliphatic heterocycles. The number of benzene rings is 4. The van der Waals surface area contributed by atoms with Crippen LogP contribution in [0.25, 0.3) is 0 Å². The number of aromatic nitrogens is 4. The minimum absolute atomic E-state index is 0.213. The summed E-state index contributed by atoms with van der Waals surface area (Å²) >= 11 is 0. The Morgan fingerprint density at radius 3 is 0.656 bits per heavy atom. The fourth-order valence-corrected chi connectivity index (χ4v) is 14.1. The van der Waals surface area contributed by atoms with Crippen LogP contribution >= 0.6 is 0 Å². The van der Waals surface area contributed by atoms with Gasteiger partial charge >= 0.3 is 0 Å². The van der Waals surface area contributed by atoms with Crippen molar-refractivity contribution in [3.8, 4) is 46.0 Å². The first-order valence-electron chi connectivity index (χ1n) is 36.3. The second kappa shape index (κ2) is 39.2. The molecule has 12 heteroatoms. The maximum absolute atomic E-state index is 7.26. The molecule has 4 atom stereocenters. The number of ether oxygens (including phenoxy) is 8. The quantitative estimate of drug-likeness (QED) is 0.0340. The van der Waals surface area contributed by atoms with E-state index in [0.29, 0.717) is 26.4 Å². The molecule has 0 spiro atoms. The van der Waals surface area contributed by atoms with Crippen LogP contribution in [0.2, 0.25) is 0 Å². The number of methoxy groups -OCH3 is 4. The fourth-order valence-electron chi connectivity index (χ4n) is 14.1. The standard InChI is InChI=1S/C84H108N4O8/c1-9-13-17-21-25-37-65-69-45-74(82(49-77(69)89-5)94-58-62-34-30-42-86-54-62)67(39-27-23-19-15-11-3)71-47-76(84(51-79(71)91-7)96-60-64-36-32-44-88-56-64)68(40-28-24-20-16-12-4)72-48-75(83(52-80(72)92-8)95-59-63-35-31-43-87-55-63)66(38-26-22-18-14-10-2)70-46-73(65)81(50-78(70)90-6)93-57-61-33-29-41-85-53-61/h29-36,41-56,65-68H,9-28,37-40,57-60H2,1-8H3. The Balaban J connectivity index is 1.43. The predicted molar refractivity (Wildman–Crippen MR) is 387 cm³/mol. The highest BCUT2D eigenvalue weighted by Crippen LogP contribution is 2.54. The normalized spacial score (nSPS) is 15.0. The van der Waals surface area contributed by atoms with Crippen LogP contribution in [0.5, 0.6) is 46.0 Å². The van der Waals surface area contributed by atoms with Crippen LogP contribution in [0.4, 0.5) is 0 Å². The van der Waals surface area contributed by atoms with Crippen molar-refractivity contribution in [1.82, 2.24) is 19.9 Å². The zero-order valence-corrected chi connectivity index (χ0v) is 59.0. The fraction of sp³-hybridized carbons (Fsp3) is 0.476. The highest BCUT2D eigenvalue weighted by atomic mass is 16.5. The van der Waals surface area contributed by atoms with Crippen LogP contribution in [0, 0.1) is 0 Å². The lowest BCUT2D eigenvalue weighted by atomic mass is 9.76. The van der Waals surface area contributed by atoms with E-state index < -0.39 is 0 Å². The number of unbranched alkanes of at least 4 members (excludes halogenated alkanes) is 16. The topological polar surface area (TPSA) is 125 Å². The van der Waals surface area contributed by atoms with Crippen LogP contribution in [0.1, 0.15) is 272 Å². The largest absolute Gasteiger partial charge is 0.496 e. The molecule has 8 bridgehead atoms. The van der Waals surface area contributed by atoms with Crippen molar-refractivity contribution in [3.63, 3.8) is 0 Å². The van der Waals surface area contributed by atoms with Crippen molar-refractivity contribution in [2.24, 2.45) is 0 Å². The summed E-state index contributed by atoms with van der Waals surface area (Å²) in [5, 5.41) is 0. The third-order valence-electron chi connectivity index (χ3n) is 19.3. The van der Waals surface area contributed by atoms with Gasteiger partial charge in [0.15, 0.2) is 0 Å². The molecule has 0 saturated carbocycles. The van der Waals surface area contributed by atoms with Crippen LogP contribution in [-0.2, 0) is 26.4 Å². The van der Waals surface area contributed by atoms with Gasteiger partial charge in [-0.25, -0.2) is 0 Å². The van der Waals surface area contributed by atoms with Crippen molar-refractivity contribution < 1.29 is 37.9 Å². The predicted octanol–water partition coefficient (Wildman–Crippen LogP) is 21.9. The van der Waals surface area contributed by atoms with E-state index in [9.17, 15) is 0 Å². The first-order valence-corrected chi connectivity index (χ1v) is 36.3. The van der Waals surface area contributed by atoms with Crippen molar-refractivity contribution in [3.05, 3.63) is 213 Å². The Kier molecular flexibility index (Phi) is 29.5. The lowest BCUT2D eigenvalue weighted by Crippen LogP contribution is -2.16. The van der Waals surface area contributed by atoms with Gasteiger partial charge in [0.05, 0.1) is 28.4 Å². The molecule has 96 heavy (non-hydrogen) atoms. The van der Waals surface area contributed by atoms with Gasteiger partial charge in [0.2, 0.25) is 0 Å². The van der Waals surface area contributed by atoms with Crippen LogP contribution in [0.3, 0.4) is 0 Å². The average Bonchev–Trinajstić information content (AvgIpc) is 0.757. The zero-order chi connectivity index (χ0) is 67.1. The van der Waals surface area contributed by atoms with Crippen LogP contribution < -0.4 is 37.9 Å². The Hall–Kier alpha value is -8.12. The Bertz CT molecular complexity index is 3090. The van der Waals surface area contributed by atoms with Gasteiger partial charge in [0, 0.05) is 164 Å². The van der Waals surface area contributed by atoms with E-state index in [4.69, 9.17) is 37.9 Å². The van der Waals surface area contributed by atoms with E-state index in [-0.39, 0.29) is 23.7 Å². The average molecular weight is 1300 g/mol. The first-order chi connectivity index (χ1) is 47.3. The molecule has 9 rings (SSSR count). The highest BCUT2D eigenvalue weighted by Gasteiger charge is 2.35. The highest BCUT2D eigenvalue weighted by molar-refractivity contribution is 5.63. The number of hydrogen-bond acceptors (Lipinski definition) is 12. The molecule has 0 radical (unpaired) electrons. The van der Waals surface area contributed by atoms with E-state index in [1.165, 1.54) is 25.7 Å². The Morgan fingerprint density at radius 1 is 0.260 bits per heavy atom. The first kappa shape index (κ1) is 72.2. The minimum Gasteiger partial charge on any atom is -0.496 e. The molecule has 12 nitrogen and oxygen atoms in total. The summed E-state index contributed by atoms with van der Waals surface area (Å²) in [7, 11) is 7.23. The monoisotopic (exact) mass is 1300 g/mol. The summed E-state index contributed by atoms with van der Waals surface area (Å²) in [6.45, 7) is 10.4. The maximum Gasteiger partial charge on any atom is 0.127 e. The molecule has 0 amide bonds. The third kappa shape index (κ3) is 20.0. The summed E-state index contributed by atoms with van der Waals surface area (Å²) in [6, 6.07) is 34.7. The molecule has 0 saturated heterocycles. The van der Waals surface area contributed by atoms with Gasteiger partial charge < -0.3 is 37.9 Å². The van der Waals surface area contributed by atoms with Gasteiger partial charge in [-0.1, -0.05) is 180 Å². The molecule has 1 aliphatic rings. The summed E-state index contributed by atoms with van der Waals surface area (Å²) in [6.07, 6.45) is 40.3. The number of pyridine rings is 4. The Labute approximate surface area is 574 Å². The molecule has 8 aromatic rings. The number of fused-ring (bicyclic) bond motifs is 8. The van der Waals surface area contributed by atoms with Gasteiger partial charge in [-0.3, -0.25) is 19.9 Å².